The molecule has 0 bridgehead atoms. The Morgan fingerprint density at radius 2 is 0.520 bits per heavy atom. The van der Waals surface area contributed by atoms with Crippen LogP contribution in [0.1, 0.15) is 70.8 Å². The maximum absolute atomic E-state index is 2.74. The Balaban J connectivity index is 0.775. The van der Waals surface area contributed by atoms with Crippen LogP contribution in [0.15, 0.2) is 425 Å². The number of rotatable bonds is 8. The van der Waals surface area contributed by atoms with Crippen LogP contribution >= 0.6 is 0 Å². The van der Waals surface area contributed by atoms with Crippen molar-refractivity contribution >= 4 is 101 Å². The van der Waals surface area contributed by atoms with E-state index in [2.05, 4.69) is 464 Å². The van der Waals surface area contributed by atoms with Gasteiger partial charge in [-0.1, -0.05) is 385 Å². The predicted octanol–water partition coefficient (Wildman–Crippen LogP) is 28.6. The molecule has 4 aliphatic carbocycles. The molecule has 0 amide bonds. The summed E-state index contributed by atoms with van der Waals surface area (Å²) >= 11 is 0. The quantitative estimate of drug-likeness (QED) is 0.141. The number of hydrogen-bond donors (Lipinski definition) is 0. The van der Waals surface area contributed by atoms with Crippen LogP contribution in [0.5, 0.6) is 0 Å². The fourth-order valence-electron chi connectivity index (χ4n) is 24.0. The molecule has 4 heterocycles. The molecule has 4 nitrogen and oxygen atoms in total. The van der Waals surface area contributed by atoms with Crippen molar-refractivity contribution in [3.63, 3.8) is 0 Å². The number of hydrogen-bond acceptors (Lipinski definition) is 2. The van der Waals surface area contributed by atoms with E-state index >= 15 is 0 Å². The topological polar surface area (TPSA) is 16.3 Å². The number of fused-ring (bicyclic) bond motifs is 32. The average molecular weight is 1590 g/mol. The van der Waals surface area contributed by atoms with Crippen molar-refractivity contribution in [2.24, 2.45) is 0 Å². The molecule has 0 saturated carbocycles. The van der Waals surface area contributed by atoms with E-state index in [1.165, 1.54) is 144 Å². The summed E-state index contributed by atoms with van der Waals surface area (Å²) in [6.45, 7) is 6.93. The Labute approximate surface area is 726 Å². The van der Waals surface area contributed by atoms with Gasteiger partial charge in [0, 0.05) is 77.9 Å². The minimum absolute atomic E-state index is 0.299. The highest BCUT2D eigenvalue weighted by molar-refractivity contribution is 7.00. The van der Waals surface area contributed by atoms with Crippen molar-refractivity contribution in [2.45, 2.75) is 37.0 Å². The molecular weight excluding hydrogens is 1510 g/mol. The molecule has 2 aliphatic heterocycles. The van der Waals surface area contributed by atoms with E-state index in [-0.39, 0.29) is 12.1 Å². The van der Waals surface area contributed by atoms with E-state index in [0.29, 0.717) is 0 Å². The van der Waals surface area contributed by atoms with Gasteiger partial charge in [0.2, 0.25) is 0 Å². The Hall–Kier alpha value is -15.6. The van der Waals surface area contributed by atoms with Crippen molar-refractivity contribution < 1.29 is 0 Å². The van der Waals surface area contributed by atoms with Crippen molar-refractivity contribution in [1.29, 1.82) is 0 Å². The maximum Gasteiger partial charge on any atom is 0.252 e. The molecule has 582 valence electrons. The summed E-state index contributed by atoms with van der Waals surface area (Å²) in [5, 5.41) is 5.00. The highest BCUT2D eigenvalue weighted by Crippen LogP contribution is 2.68. The first-order chi connectivity index (χ1) is 61.7. The molecule has 0 fully saturated rings. The summed E-state index contributed by atoms with van der Waals surface area (Å²) in [7, 11) is 0. The second-order valence-corrected chi connectivity index (χ2v) is 35.9. The van der Waals surface area contributed by atoms with Crippen molar-refractivity contribution in [3.8, 4) is 100 Å². The highest BCUT2D eigenvalue weighted by Gasteiger charge is 2.56. The highest BCUT2D eigenvalue weighted by atomic mass is 15.2. The van der Waals surface area contributed by atoms with Crippen molar-refractivity contribution in [2.75, 3.05) is 9.80 Å². The monoisotopic (exact) mass is 1590 g/mol. The number of para-hydroxylation sites is 4. The number of anilines is 6. The Kier molecular flexibility index (Phi) is 14.6. The first kappa shape index (κ1) is 70.2. The summed E-state index contributed by atoms with van der Waals surface area (Å²) < 4.78 is 5.22. The third kappa shape index (κ3) is 9.35. The van der Waals surface area contributed by atoms with E-state index in [1.54, 1.807) is 0 Å². The lowest BCUT2D eigenvalue weighted by atomic mass is 9.33. The fraction of sp³-hybridized carbons (Fsp3) is 0.0500. The molecule has 6 aliphatic rings. The van der Waals surface area contributed by atoms with Gasteiger partial charge in [-0.2, -0.15) is 0 Å². The van der Waals surface area contributed by atoms with Crippen molar-refractivity contribution in [3.05, 3.63) is 475 Å². The zero-order chi connectivity index (χ0) is 82.3. The van der Waals surface area contributed by atoms with Gasteiger partial charge in [-0.05, 0) is 199 Å². The molecule has 0 atom stereocenters. The van der Waals surface area contributed by atoms with Gasteiger partial charge in [0.1, 0.15) is 0 Å². The van der Waals surface area contributed by atoms with Gasteiger partial charge in [-0.3, -0.25) is 0 Å². The lowest BCUT2D eigenvalue weighted by molar-refractivity contribution is 0.590. The van der Waals surface area contributed by atoms with Gasteiger partial charge in [0.05, 0.1) is 44.3 Å². The Bertz CT molecular complexity index is 7510. The van der Waals surface area contributed by atoms with Gasteiger partial charge in [0.25, 0.3) is 6.71 Å². The second kappa shape index (κ2) is 26.0. The molecule has 0 N–H and O–H groups in total. The molecule has 27 rings (SSSR count). The molecular formula is C120H79BN4. The summed E-state index contributed by atoms with van der Waals surface area (Å²) in [5.41, 5.74) is 47.0. The van der Waals surface area contributed by atoms with E-state index < -0.39 is 10.8 Å². The largest absolute Gasteiger partial charge is 0.310 e. The molecule has 2 spiro atoms. The fourth-order valence-corrected chi connectivity index (χ4v) is 24.0. The summed E-state index contributed by atoms with van der Waals surface area (Å²) in [6, 6.07) is 163. The molecule has 125 heavy (non-hydrogen) atoms. The van der Waals surface area contributed by atoms with Gasteiger partial charge in [0.15, 0.2) is 0 Å². The summed E-state index contributed by atoms with van der Waals surface area (Å²) in [4.78, 5) is 5.47. The van der Waals surface area contributed by atoms with Gasteiger partial charge in [-0.15, -0.1) is 0 Å². The second-order valence-electron chi connectivity index (χ2n) is 35.9. The van der Waals surface area contributed by atoms with Crippen LogP contribution in [0.2, 0.25) is 0 Å². The lowest BCUT2D eigenvalue weighted by Crippen LogP contribution is -2.61. The molecule has 19 aromatic carbocycles. The van der Waals surface area contributed by atoms with Gasteiger partial charge < -0.3 is 18.9 Å². The minimum Gasteiger partial charge on any atom is -0.310 e. The van der Waals surface area contributed by atoms with Crippen LogP contribution in [0.3, 0.4) is 0 Å². The average Bonchev–Trinajstić information content (AvgIpc) is 1.56. The van der Waals surface area contributed by atoms with Crippen LogP contribution < -0.4 is 26.2 Å². The molecule has 2 aromatic heterocycles. The molecule has 0 unspecified atom stereocenters. The third-order valence-corrected chi connectivity index (χ3v) is 28.9. The number of nitrogens with zero attached hydrogens (tertiary/aromatic N) is 4. The van der Waals surface area contributed by atoms with E-state index in [9.17, 15) is 0 Å². The van der Waals surface area contributed by atoms with Crippen LogP contribution in [-0.4, -0.2) is 15.8 Å². The molecule has 21 aromatic rings. The van der Waals surface area contributed by atoms with Crippen LogP contribution in [0.25, 0.3) is 144 Å². The summed E-state index contributed by atoms with van der Waals surface area (Å²) in [5.74, 6) is 0. The normalized spacial score (nSPS) is 14.0. The van der Waals surface area contributed by atoms with E-state index in [0.717, 1.165) is 101 Å². The van der Waals surface area contributed by atoms with Gasteiger partial charge >= 0.3 is 0 Å². The first-order valence-corrected chi connectivity index (χ1v) is 44.0. The first-order valence-electron chi connectivity index (χ1n) is 44.0. The SMILES string of the molecule is CC(C)(C)c1cc2c3c(c1)N(c1c(-c4ccccc4)cccc1-c1ccccc1)c1cc(-n4c5ccccc5c5c6c(ccc54)-c4ccccc4C64c5ccccc5-c5ccccc54)ccc1B3c1ccc(-n3c4ccccc4c4c5c(ccc43)-c3ccccc3C53c4ccccc4-c4ccccc43)cc1N2c1c(-c2ccccc2)cccc1-c1ccccc1. The zero-order valence-corrected chi connectivity index (χ0v) is 69.3. The minimum atomic E-state index is -0.584. The smallest absolute Gasteiger partial charge is 0.252 e. The van der Waals surface area contributed by atoms with E-state index in [4.69, 9.17) is 0 Å². The standard InChI is InChI=1S/C120H79BN4/c1-118(2,3)78-70-109-115-110(71-78)125(117-83(76-38-12-6-13-39-76)52-33-53-84(117)77-40-14-7-15-41-77)108-73-80(123-104-61-31-23-49-94(104)112-106(123)69-65-92-90-47-21-29-59-100(90)120(114(92)112)97-56-26-18-44-87(97)88-45-19-27-57-98(88)120)63-67-102(108)121(115)101-66-62-79(72-107(101)124(109)116-81(74-34-8-4-9-35-74)50-32-51-82(116)75-36-10-5-11-37-75)122-103-60-30-22-48-93(103)111-105(122)68-64-91-89-46-20-28-58-99(89)119(113(91)111)95-54-24-16-42-85(95)86-43-17-25-55-96(86)119/h4-73H,1-3H3. The Morgan fingerprint density at radius 1 is 0.232 bits per heavy atom. The Morgan fingerprint density at radius 3 is 0.848 bits per heavy atom. The van der Waals surface area contributed by atoms with Crippen LogP contribution in [0, 0.1) is 0 Å². The third-order valence-electron chi connectivity index (χ3n) is 28.9. The predicted molar refractivity (Wildman–Crippen MR) is 522 cm³/mol. The molecule has 5 heteroatoms. The molecule has 0 radical (unpaired) electrons. The maximum atomic E-state index is 2.74. The van der Waals surface area contributed by atoms with Gasteiger partial charge in [-0.25, -0.2) is 0 Å². The summed E-state index contributed by atoms with van der Waals surface area (Å²) in [6.07, 6.45) is 0. The number of benzene rings is 19. The van der Waals surface area contributed by atoms with Crippen LogP contribution in [-0.2, 0) is 16.2 Å². The lowest BCUT2D eigenvalue weighted by Gasteiger charge is -2.46. The van der Waals surface area contributed by atoms with Crippen LogP contribution in [0.4, 0.5) is 34.1 Å². The zero-order valence-electron chi connectivity index (χ0n) is 69.3. The van der Waals surface area contributed by atoms with Crippen molar-refractivity contribution in [1.82, 2.24) is 9.13 Å². The molecule has 0 saturated heterocycles. The van der Waals surface area contributed by atoms with E-state index in [1.807, 2.05) is 0 Å². The number of aromatic nitrogens is 2.